The molecule has 1 aliphatic heterocycles. The van der Waals surface area contributed by atoms with E-state index in [0.717, 1.165) is 27.7 Å². The largest absolute Gasteiger partial charge is 0.375 e. The normalized spacial score (nSPS) is 17.7. The SMILES string of the molecule is NC(=S)N1N=C(c2ccccc2)CC1c1ccc(Br)cc1. The second kappa shape index (κ2) is 5.95. The number of rotatable bonds is 2. The average Bonchev–Trinajstić information content (AvgIpc) is 2.94. The highest BCUT2D eigenvalue weighted by Gasteiger charge is 2.30. The Balaban J connectivity index is 1.93. The van der Waals surface area contributed by atoms with E-state index in [1.165, 1.54) is 0 Å². The van der Waals surface area contributed by atoms with Crippen molar-refractivity contribution in [1.82, 2.24) is 5.01 Å². The zero-order valence-electron chi connectivity index (χ0n) is 11.2. The molecular formula is C16H14BrN3S. The fraction of sp³-hybridized carbons (Fsp3) is 0.125. The van der Waals surface area contributed by atoms with E-state index in [1.807, 2.05) is 30.3 Å². The number of hydrazone groups is 1. The fourth-order valence-electron chi connectivity index (χ4n) is 2.46. The van der Waals surface area contributed by atoms with Crippen molar-refractivity contribution in [3.8, 4) is 0 Å². The average molecular weight is 360 g/mol. The van der Waals surface area contributed by atoms with Gasteiger partial charge in [0.15, 0.2) is 5.11 Å². The van der Waals surface area contributed by atoms with Gasteiger partial charge in [-0.25, -0.2) is 5.01 Å². The lowest BCUT2D eigenvalue weighted by Crippen LogP contribution is -2.31. The summed E-state index contributed by atoms with van der Waals surface area (Å²) < 4.78 is 1.05. The zero-order valence-corrected chi connectivity index (χ0v) is 13.6. The first-order valence-corrected chi connectivity index (χ1v) is 7.82. The summed E-state index contributed by atoms with van der Waals surface area (Å²) in [6.45, 7) is 0. The van der Waals surface area contributed by atoms with Gasteiger partial charge in [-0.1, -0.05) is 58.4 Å². The summed E-state index contributed by atoms with van der Waals surface area (Å²) in [5, 5.41) is 6.65. The third-order valence-corrected chi connectivity index (χ3v) is 4.21. The maximum atomic E-state index is 5.84. The van der Waals surface area contributed by atoms with Crippen LogP contribution in [0.5, 0.6) is 0 Å². The second-order valence-corrected chi connectivity index (χ2v) is 6.20. The predicted molar refractivity (Wildman–Crippen MR) is 93.1 cm³/mol. The summed E-state index contributed by atoms with van der Waals surface area (Å²) in [5.74, 6) is 0. The molecule has 0 aliphatic carbocycles. The number of nitrogens with two attached hydrogens (primary N) is 1. The number of thiocarbonyl (C=S) groups is 1. The van der Waals surface area contributed by atoms with Gasteiger partial charge in [-0.2, -0.15) is 5.10 Å². The smallest absolute Gasteiger partial charge is 0.187 e. The number of benzene rings is 2. The van der Waals surface area contributed by atoms with Gasteiger partial charge >= 0.3 is 0 Å². The molecular weight excluding hydrogens is 346 g/mol. The molecule has 2 aromatic carbocycles. The molecule has 106 valence electrons. The molecule has 21 heavy (non-hydrogen) atoms. The van der Waals surface area contributed by atoms with E-state index in [0.29, 0.717) is 5.11 Å². The zero-order chi connectivity index (χ0) is 14.8. The lowest BCUT2D eigenvalue weighted by molar-refractivity contribution is 0.372. The molecule has 1 aliphatic rings. The molecule has 0 bridgehead atoms. The van der Waals surface area contributed by atoms with Crippen LogP contribution in [0.1, 0.15) is 23.6 Å². The minimum atomic E-state index is 0.0609. The first-order valence-electron chi connectivity index (χ1n) is 6.62. The van der Waals surface area contributed by atoms with E-state index in [1.54, 1.807) is 5.01 Å². The van der Waals surface area contributed by atoms with Crippen LogP contribution in [0.3, 0.4) is 0 Å². The van der Waals surface area contributed by atoms with Gasteiger partial charge < -0.3 is 5.73 Å². The lowest BCUT2D eigenvalue weighted by Gasteiger charge is -2.21. The van der Waals surface area contributed by atoms with Crippen LogP contribution >= 0.6 is 28.1 Å². The minimum absolute atomic E-state index is 0.0609. The van der Waals surface area contributed by atoms with Crippen molar-refractivity contribution >= 4 is 39.0 Å². The Morgan fingerprint density at radius 2 is 1.81 bits per heavy atom. The molecule has 1 heterocycles. The van der Waals surface area contributed by atoms with Crippen LogP contribution in [0.4, 0.5) is 0 Å². The lowest BCUT2D eigenvalue weighted by atomic mass is 9.99. The van der Waals surface area contributed by atoms with Gasteiger partial charge in [-0.3, -0.25) is 0 Å². The van der Waals surface area contributed by atoms with Crippen molar-refractivity contribution in [2.45, 2.75) is 12.5 Å². The Morgan fingerprint density at radius 1 is 1.14 bits per heavy atom. The van der Waals surface area contributed by atoms with E-state index in [9.17, 15) is 0 Å². The van der Waals surface area contributed by atoms with Crippen LogP contribution in [-0.2, 0) is 0 Å². The molecule has 0 spiro atoms. The molecule has 2 aromatic rings. The molecule has 1 unspecified atom stereocenters. The predicted octanol–water partition coefficient (Wildman–Crippen LogP) is 3.84. The topological polar surface area (TPSA) is 41.6 Å². The van der Waals surface area contributed by atoms with Gasteiger partial charge in [0.1, 0.15) is 0 Å². The maximum absolute atomic E-state index is 5.84. The first-order chi connectivity index (χ1) is 10.1. The third kappa shape index (κ3) is 2.99. The Morgan fingerprint density at radius 3 is 2.43 bits per heavy atom. The molecule has 0 fully saturated rings. The van der Waals surface area contributed by atoms with Gasteiger partial charge in [0.05, 0.1) is 11.8 Å². The van der Waals surface area contributed by atoms with Gasteiger partial charge in [0.25, 0.3) is 0 Å². The van der Waals surface area contributed by atoms with E-state index >= 15 is 0 Å². The van der Waals surface area contributed by atoms with Crippen LogP contribution < -0.4 is 5.73 Å². The second-order valence-electron chi connectivity index (χ2n) is 4.87. The molecule has 0 amide bonds. The van der Waals surface area contributed by atoms with Gasteiger partial charge in [-0.15, -0.1) is 0 Å². The van der Waals surface area contributed by atoms with Crippen LogP contribution in [0.25, 0.3) is 0 Å². The van der Waals surface area contributed by atoms with Crippen molar-refractivity contribution in [2.75, 3.05) is 0 Å². The first kappa shape index (κ1) is 14.2. The fourth-order valence-corrected chi connectivity index (χ4v) is 2.90. The summed E-state index contributed by atoms with van der Waals surface area (Å²) in [5.41, 5.74) is 9.11. The molecule has 3 nitrogen and oxygen atoms in total. The highest BCUT2D eigenvalue weighted by molar-refractivity contribution is 9.10. The molecule has 1 atom stereocenters. The molecule has 5 heteroatoms. The van der Waals surface area contributed by atoms with Crippen LogP contribution in [0.2, 0.25) is 0 Å². The molecule has 0 saturated carbocycles. The van der Waals surface area contributed by atoms with E-state index in [-0.39, 0.29) is 6.04 Å². The highest BCUT2D eigenvalue weighted by atomic mass is 79.9. The summed E-state index contributed by atoms with van der Waals surface area (Å²) in [4.78, 5) is 0. The quantitative estimate of drug-likeness (QED) is 0.828. The monoisotopic (exact) mass is 359 g/mol. The molecule has 3 rings (SSSR count). The Kier molecular flexibility index (Phi) is 4.03. The Bertz CT molecular complexity index is 682. The van der Waals surface area contributed by atoms with Crippen LogP contribution in [0.15, 0.2) is 64.2 Å². The van der Waals surface area contributed by atoms with Crippen LogP contribution in [-0.4, -0.2) is 15.8 Å². The summed E-state index contributed by atoms with van der Waals surface area (Å²) in [6.07, 6.45) is 0.795. The standard InChI is InChI=1S/C16H14BrN3S/c17-13-8-6-12(7-9-13)15-10-14(19-20(15)16(18)21)11-4-2-1-3-5-11/h1-9,15H,10H2,(H2,18,21). The number of halogens is 1. The third-order valence-electron chi connectivity index (χ3n) is 3.50. The Labute approximate surface area is 137 Å². The van der Waals surface area contributed by atoms with E-state index < -0.39 is 0 Å². The molecule has 2 N–H and O–H groups in total. The van der Waals surface area contributed by atoms with Crippen LogP contribution in [0, 0.1) is 0 Å². The van der Waals surface area contributed by atoms with Crippen molar-refractivity contribution in [1.29, 1.82) is 0 Å². The van der Waals surface area contributed by atoms with Gasteiger partial charge in [0, 0.05) is 10.9 Å². The van der Waals surface area contributed by atoms with Crippen molar-refractivity contribution in [3.05, 3.63) is 70.2 Å². The summed E-state index contributed by atoms with van der Waals surface area (Å²) in [6, 6.07) is 18.4. The number of hydrogen-bond donors (Lipinski definition) is 1. The molecule has 0 saturated heterocycles. The number of nitrogens with zero attached hydrogens (tertiary/aromatic N) is 2. The summed E-state index contributed by atoms with van der Waals surface area (Å²) >= 11 is 8.60. The van der Waals surface area contributed by atoms with Gasteiger partial charge in [0.2, 0.25) is 0 Å². The Hall–Kier alpha value is -1.72. The molecule has 0 aromatic heterocycles. The van der Waals surface area contributed by atoms with Gasteiger partial charge in [-0.05, 0) is 35.5 Å². The number of hydrogen-bond acceptors (Lipinski definition) is 2. The van der Waals surface area contributed by atoms with Crippen molar-refractivity contribution in [2.24, 2.45) is 10.8 Å². The van der Waals surface area contributed by atoms with Crippen molar-refractivity contribution in [3.63, 3.8) is 0 Å². The minimum Gasteiger partial charge on any atom is -0.375 e. The highest BCUT2D eigenvalue weighted by Crippen LogP contribution is 2.32. The molecule has 0 radical (unpaired) electrons. The van der Waals surface area contributed by atoms with Crippen molar-refractivity contribution < 1.29 is 0 Å². The van der Waals surface area contributed by atoms with E-state index in [4.69, 9.17) is 18.0 Å². The summed E-state index contributed by atoms with van der Waals surface area (Å²) in [7, 11) is 0. The maximum Gasteiger partial charge on any atom is 0.187 e. The van der Waals surface area contributed by atoms with E-state index in [2.05, 4.69) is 45.3 Å².